The van der Waals surface area contributed by atoms with Gasteiger partial charge in [-0.1, -0.05) is 5.16 Å². The molecule has 0 aromatic carbocycles. The van der Waals surface area contributed by atoms with Crippen molar-refractivity contribution >= 4 is 11.6 Å². The number of H-pyrrole nitrogens is 1. The van der Waals surface area contributed by atoms with Crippen molar-refractivity contribution in [3.8, 4) is 0 Å². The van der Waals surface area contributed by atoms with E-state index in [9.17, 15) is 4.79 Å². The normalized spacial score (nSPS) is 10.1. The fourth-order valence-electron chi connectivity index (χ4n) is 1.02. The van der Waals surface area contributed by atoms with Crippen LogP contribution in [0.2, 0.25) is 0 Å². The highest BCUT2D eigenvalue weighted by atomic mass is 16.5. The van der Waals surface area contributed by atoms with Crippen molar-refractivity contribution in [3.05, 3.63) is 29.9 Å². The van der Waals surface area contributed by atoms with E-state index in [0.29, 0.717) is 11.3 Å². The Kier molecular flexibility index (Phi) is 2.02. The van der Waals surface area contributed by atoms with E-state index < -0.39 is 0 Å². The van der Waals surface area contributed by atoms with Crippen LogP contribution in [0.3, 0.4) is 0 Å². The van der Waals surface area contributed by atoms with Gasteiger partial charge in [-0.25, -0.2) is 0 Å². The number of aromatic nitrogens is 3. The van der Waals surface area contributed by atoms with Crippen LogP contribution < -0.4 is 5.32 Å². The molecule has 0 bridgehead atoms. The molecule has 2 aromatic rings. The molecule has 0 spiro atoms. The first-order valence-electron chi connectivity index (χ1n) is 3.99. The first-order chi connectivity index (χ1) is 6.77. The van der Waals surface area contributed by atoms with Crippen molar-refractivity contribution in [2.75, 3.05) is 5.32 Å². The number of aromatic amines is 1. The van der Waals surface area contributed by atoms with Gasteiger partial charge in [0.15, 0.2) is 0 Å². The van der Waals surface area contributed by atoms with Crippen molar-refractivity contribution in [2.24, 2.45) is 0 Å². The monoisotopic (exact) mass is 192 g/mol. The number of anilines is 1. The van der Waals surface area contributed by atoms with Crippen molar-refractivity contribution in [1.29, 1.82) is 0 Å². The number of rotatable bonds is 2. The molecule has 14 heavy (non-hydrogen) atoms. The standard InChI is InChI=1S/C8H8N4O2/c1-5-2-11-14-7(5)8(13)12-6-3-9-10-4-6/h2-4H,1H3,(H,9,10)(H,12,13). The molecule has 1 amide bonds. The molecule has 0 fully saturated rings. The molecule has 2 N–H and O–H groups in total. The third-order valence-electron chi connectivity index (χ3n) is 1.71. The van der Waals surface area contributed by atoms with Crippen molar-refractivity contribution < 1.29 is 9.32 Å². The van der Waals surface area contributed by atoms with E-state index >= 15 is 0 Å². The molecule has 0 saturated carbocycles. The number of amides is 1. The van der Waals surface area contributed by atoms with Crippen molar-refractivity contribution in [2.45, 2.75) is 6.92 Å². The van der Waals surface area contributed by atoms with Crippen LogP contribution >= 0.6 is 0 Å². The second kappa shape index (κ2) is 3.33. The number of hydrogen-bond donors (Lipinski definition) is 2. The Morgan fingerprint density at radius 3 is 3.00 bits per heavy atom. The first kappa shape index (κ1) is 8.49. The number of hydrogen-bond acceptors (Lipinski definition) is 4. The number of nitrogens with one attached hydrogen (secondary N) is 2. The van der Waals surface area contributed by atoms with E-state index in [1.54, 1.807) is 13.1 Å². The zero-order valence-corrected chi connectivity index (χ0v) is 7.44. The fraction of sp³-hybridized carbons (Fsp3) is 0.125. The summed E-state index contributed by atoms with van der Waals surface area (Å²) in [5.41, 5.74) is 1.29. The fourth-order valence-corrected chi connectivity index (χ4v) is 1.02. The van der Waals surface area contributed by atoms with Crippen LogP contribution in [-0.4, -0.2) is 21.3 Å². The molecule has 2 heterocycles. The van der Waals surface area contributed by atoms with Crippen LogP contribution in [0.25, 0.3) is 0 Å². The first-order valence-corrected chi connectivity index (χ1v) is 3.99. The van der Waals surface area contributed by atoms with Gasteiger partial charge in [0.25, 0.3) is 5.91 Å². The lowest BCUT2D eigenvalue weighted by molar-refractivity contribution is 0.0987. The van der Waals surface area contributed by atoms with E-state index in [2.05, 4.69) is 20.7 Å². The molecule has 0 saturated heterocycles. The Bertz CT molecular complexity index is 432. The van der Waals surface area contributed by atoms with Crippen LogP contribution in [-0.2, 0) is 0 Å². The number of aryl methyl sites for hydroxylation is 1. The van der Waals surface area contributed by atoms with Crippen molar-refractivity contribution in [3.63, 3.8) is 0 Å². The quantitative estimate of drug-likeness (QED) is 0.742. The second-order valence-corrected chi connectivity index (χ2v) is 2.78. The maximum Gasteiger partial charge on any atom is 0.294 e. The summed E-state index contributed by atoms with van der Waals surface area (Å²) in [5.74, 6) is -0.118. The molecular formula is C8H8N4O2. The lowest BCUT2D eigenvalue weighted by atomic mass is 10.3. The predicted molar refractivity (Wildman–Crippen MR) is 47.8 cm³/mol. The van der Waals surface area contributed by atoms with Crippen molar-refractivity contribution in [1.82, 2.24) is 15.4 Å². The molecule has 2 rings (SSSR count). The van der Waals surface area contributed by atoms with Gasteiger partial charge in [-0.2, -0.15) is 5.10 Å². The van der Waals surface area contributed by atoms with E-state index in [1.165, 1.54) is 12.4 Å². The summed E-state index contributed by atoms with van der Waals surface area (Å²) < 4.78 is 4.78. The zero-order chi connectivity index (χ0) is 9.97. The Hall–Kier alpha value is -2.11. The Morgan fingerprint density at radius 2 is 2.43 bits per heavy atom. The lowest BCUT2D eigenvalue weighted by Gasteiger charge is -1.97. The van der Waals surface area contributed by atoms with E-state index in [0.717, 1.165) is 0 Å². The van der Waals surface area contributed by atoms with Gasteiger partial charge in [-0.3, -0.25) is 9.89 Å². The summed E-state index contributed by atoms with van der Waals surface area (Å²) >= 11 is 0. The van der Waals surface area contributed by atoms with Gasteiger partial charge in [0, 0.05) is 11.8 Å². The molecular weight excluding hydrogens is 184 g/mol. The van der Waals surface area contributed by atoms with Gasteiger partial charge in [-0.15, -0.1) is 0 Å². The summed E-state index contributed by atoms with van der Waals surface area (Å²) in [6, 6.07) is 0. The third kappa shape index (κ3) is 1.49. The van der Waals surface area contributed by atoms with Gasteiger partial charge >= 0.3 is 0 Å². The second-order valence-electron chi connectivity index (χ2n) is 2.78. The summed E-state index contributed by atoms with van der Waals surface area (Å²) in [6.45, 7) is 1.75. The van der Waals surface area contributed by atoms with Crippen LogP contribution in [0.4, 0.5) is 5.69 Å². The molecule has 2 aromatic heterocycles. The lowest BCUT2D eigenvalue weighted by Crippen LogP contribution is -2.11. The molecule has 0 atom stereocenters. The molecule has 6 nitrogen and oxygen atoms in total. The minimum atomic E-state index is -0.332. The van der Waals surface area contributed by atoms with Gasteiger partial charge in [-0.05, 0) is 6.92 Å². The number of nitrogens with zero attached hydrogens (tertiary/aromatic N) is 2. The number of carbonyl (C=O) groups is 1. The topological polar surface area (TPSA) is 83.8 Å². The van der Waals surface area contributed by atoms with Gasteiger partial charge in [0.05, 0.1) is 18.1 Å². The van der Waals surface area contributed by atoms with E-state index in [4.69, 9.17) is 4.52 Å². The molecule has 0 radical (unpaired) electrons. The average molecular weight is 192 g/mol. The highest BCUT2D eigenvalue weighted by Gasteiger charge is 2.14. The molecule has 0 unspecified atom stereocenters. The maximum atomic E-state index is 11.5. The minimum Gasteiger partial charge on any atom is -0.351 e. The molecule has 0 aliphatic heterocycles. The maximum absolute atomic E-state index is 11.5. The summed E-state index contributed by atoms with van der Waals surface area (Å²) in [5, 5.41) is 12.4. The van der Waals surface area contributed by atoms with Gasteiger partial charge in [0.2, 0.25) is 5.76 Å². The van der Waals surface area contributed by atoms with E-state index in [-0.39, 0.29) is 11.7 Å². The van der Waals surface area contributed by atoms with Crippen LogP contribution in [0, 0.1) is 6.92 Å². The minimum absolute atomic E-state index is 0.214. The summed E-state index contributed by atoms with van der Waals surface area (Å²) in [4.78, 5) is 11.5. The Morgan fingerprint density at radius 1 is 1.57 bits per heavy atom. The Labute approximate surface area is 79.3 Å². The average Bonchev–Trinajstić information content (AvgIpc) is 2.75. The largest absolute Gasteiger partial charge is 0.351 e. The summed E-state index contributed by atoms with van der Waals surface area (Å²) in [6.07, 6.45) is 4.57. The van der Waals surface area contributed by atoms with Crippen LogP contribution in [0.1, 0.15) is 16.1 Å². The molecule has 6 heteroatoms. The SMILES string of the molecule is Cc1cnoc1C(=O)Nc1cn[nH]c1. The highest BCUT2D eigenvalue weighted by molar-refractivity contribution is 6.02. The van der Waals surface area contributed by atoms with Gasteiger partial charge < -0.3 is 9.84 Å². The Balaban J connectivity index is 2.14. The number of carbonyl (C=O) groups excluding carboxylic acids is 1. The predicted octanol–water partition coefficient (Wildman–Crippen LogP) is 0.958. The van der Waals surface area contributed by atoms with Crippen LogP contribution in [0.5, 0.6) is 0 Å². The third-order valence-corrected chi connectivity index (χ3v) is 1.71. The van der Waals surface area contributed by atoms with Crippen LogP contribution in [0.15, 0.2) is 23.1 Å². The smallest absolute Gasteiger partial charge is 0.294 e. The molecule has 72 valence electrons. The molecule has 0 aliphatic carbocycles. The zero-order valence-electron chi connectivity index (χ0n) is 7.44. The summed E-state index contributed by atoms with van der Waals surface area (Å²) in [7, 11) is 0. The van der Waals surface area contributed by atoms with Gasteiger partial charge in [0.1, 0.15) is 0 Å². The molecule has 0 aliphatic rings. The highest BCUT2D eigenvalue weighted by Crippen LogP contribution is 2.09. The van der Waals surface area contributed by atoms with E-state index in [1.807, 2.05) is 0 Å².